The van der Waals surface area contributed by atoms with E-state index in [0.717, 1.165) is 6.42 Å². The van der Waals surface area contributed by atoms with Crippen LogP contribution in [-0.4, -0.2) is 26.6 Å². The first kappa shape index (κ1) is 15.1. The Morgan fingerprint density at radius 3 is 2.85 bits per heavy atom. The SMILES string of the molecule is CCC(C)OC(=O)C1Cc2cc(S(=O)(=O)Cl)ccc2O1. The summed E-state index contributed by atoms with van der Waals surface area (Å²) in [6.07, 6.45) is 0.103. The molecule has 0 aromatic heterocycles. The van der Waals surface area contributed by atoms with E-state index in [1.165, 1.54) is 18.2 Å². The predicted octanol–water partition coefficient (Wildman–Crippen LogP) is 2.26. The Morgan fingerprint density at radius 2 is 2.25 bits per heavy atom. The number of hydrogen-bond donors (Lipinski definition) is 0. The van der Waals surface area contributed by atoms with Crippen LogP contribution in [0, 0.1) is 0 Å². The van der Waals surface area contributed by atoms with Gasteiger partial charge in [-0.2, -0.15) is 0 Å². The topological polar surface area (TPSA) is 69.7 Å². The highest BCUT2D eigenvalue weighted by Gasteiger charge is 2.32. The Kier molecular flexibility index (Phi) is 4.25. The summed E-state index contributed by atoms with van der Waals surface area (Å²) in [6.45, 7) is 3.72. The molecule has 0 radical (unpaired) electrons. The molecule has 0 N–H and O–H groups in total. The molecule has 0 spiro atoms. The highest BCUT2D eigenvalue weighted by Crippen LogP contribution is 2.32. The number of halogens is 1. The summed E-state index contributed by atoms with van der Waals surface area (Å²) in [5.74, 6) is 0.0472. The van der Waals surface area contributed by atoms with Crippen LogP contribution in [0.15, 0.2) is 23.1 Å². The van der Waals surface area contributed by atoms with E-state index < -0.39 is 21.1 Å². The Hall–Kier alpha value is -1.27. The maximum atomic E-state index is 11.9. The van der Waals surface area contributed by atoms with Gasteiger partial charge >= 0.3 is 5.97 Å². The molecule has 1 aromatic carbocycles. The van der Waals surface area contributed by atoms with Gasteiger partial charge in [0, 0.05) is 17.1 Å². The lowest BCUT2D eigenvalue weighted by atomic mass is 10.1. The van der Waals surface area contributed by atoms with Crippen molar-refractivity contribution in [3.63, 3.8) is 0 Å². The highest BCUT2D eigenvalue weighted by molar-refractivity contribution is 8.13. The zero-order valence-corrected chi connectivity index (χ0v) is 12.7. The molecular formula is C13H15ClO5S. The van der Waals surface area contributed by atoms with E-state index in [2.05, 4.69) is 0 Å². The Balaban J connectivity index is 2.14. The average Bonchev–Trinajstić information content (AvgIpc) is 2.80. The lowest BCUT2D eigenvalue weighted by molar-refractivity contribution is -0.155. The highest BCUT2D eigenvalue weighted by atomic mass is 35.7. The van der Waals surface area contributed by atoms with Gasteiger partial charge in [0.25, 0.3) is 9.05 Å². The second-order valence-electron chi connectivity index (χ2n) is 4.67. The van der Waals surface area contributed by atoms with Gasteiger partial charge in [-0.3, -0.25) is 0 Å². The number of hydrogen-bond acceptors (Lipinski definition) is 5. The van der Waals surface area contributed by atoms with Crippen LogP contribution in [0.2, 0.25) is 0 Å². The third kappa shape index (κ3) is 3.24. The number of benzene rings is 1. The predicted molar refractivity (Wildman–Crippen MR) is 73.4 cm³/mol. The van der Waals surface area contributed by atoms with Crippen molar-refractivity contribution in [1.82, 2.24) is 0 Å². The second-order valence-corrected chi connectivity index (χ2v) is 7.24. The first-order valence-corrected chi connectivity index (χ1v) is 8.57. The fourth-order valence-electron chi connectivity index (χ4n) is 1.87. The molecule has 1 aliphatic rings. The summed E-state index contributed by atoms with van der Waals surface area (Å²) >= 11 is 0. The van der Waals surface area contributed by atoms with E-state index in [0.29, 0.717) is 11.3 Å². The number of rotatable bonds is 4. The molecule has 0 saturated heterocycles. The molecule has 0 saturated carbocycles. The van der Waals surface area contributed by atoms with Gasteiger partial charge in [-0.05, 0) is 37.1 Å². The first-order chi connectivity index (χ1) is 9.31. The summed E-state index contributed by atoms with van der Waals surface area (Å²) in [7, 11) is 1.50. The lowest BCUT2D eigenvalue weighted by Crippen LogP contribution is -2.30. The van der Waals surface area contributed by atoms with Crippen LogP contribution < -0.4 is 4.74 Å². The average molecular weight is 319 g/mol. The molecule has 1 heterocycles. The maximum absolute atomic E-state index is 11.9. The maximum Gasteiger partial charge on any atom is 0.347 e. The Bertz CT molecular complexity index is 626. The summed E-state index contributed by atoms with van der Waals surface area (Å²) in [5.41, 5.74) is 0.637. The van der Waals surface area contributed by atoms with Crippen LogP contribution in [0.5, 0.6) is 5.75 Å². The minimum atomic E-state index is -3.78. The number of fused-ring (bicyclic) bond motifs is 1. The monoisotopic (exact) mass is 318 g/mol. The van der Waals surface area contributed by atoms with Crippen molar-refractivity contribution in [2.45, 2.75) is 43.8 Å². The van der Waals surface area contributed by atoms with Crippen molar-refractivity contribution in [3.8, 4) is 5.75 Å². The normalized spacial score (nSPS) is 19.1. The molecule has 110 valence electrons. The summed E-state index contributed by atoms with van der Waals surface area (Å²) < 4.78 is 33.2. The lowest BCUT2D eigenvalue weighted by Gasteiger charge is -2.14. The fraction of sp³-hybridized carbons (Fsp3) is 0.462. The molecule has 0 bridgehead atoms. The summed E-state index contributed by atoms with van der Waals surface area (Å²) in [4.78, 5) is 11.9. The van der Waals surface area contributed by atoms with E-state index in [-0.39, 0.29) is 17.4 Å². The molecule has 0 aliphatic carbocycles. The quantitative estimate of drug-likeness (QED) is 0.629. The number of ether oxygens (including phenoxy) is 2. The van der Waals surface area contributed by atoms with E-state index >= 15 is 0 Å². The van der Waals surface area contributed by atoms with E-state index in [1.54, 1.807) is 6.92 Å². The molecule has 7 heteroatoms. The van der Waals surface area contributed by atoms with Crippen LogP contribution in [0.4, 0.5) is 0 Å². The van der Waals surface area contributed by atoms with Crippen LogP contribution in [0.3, 0.4) is 0 Å². The van der Waals surface area contributed by atoms with Gasteiger partial charge in [-0.15, -0.1) is 0 Å². The minimum Gasteiger partial charge on any atom is -0.478 e. The molecule has 1 aliphatic heterocycles. The van der Waals surface area contributed by atoms with Crippen molar-refractivity contribution < 1.29 is 22.7 Å². The van der Waals surface area contributed by atoms with Crippen LogP contribution in [0.1, 0.15) is 25.8 Å². The van der Waals surface area contributed by atoms with Crippen LogP contribution in [0.25, 0.3) is 0 Å². The number of carbonyl (C=O) groups is 1. The van der Waals surface area contributed by atoms with Crippen LogP contribution >= 0.6 is 10.7 Å². The largest absolute Gasteiger partial charge is 0.478 e. The van der Waals surface area contributed by atoms with Crippen molar-refractivity contribution in [3.05, 3.63) is 23.8 Å². The molecule has 5 nitrogen and oxygen atoms in total. The third-order valence-corrected chi connectivity index (χ3v) is 4.49. The molecule has 20 heavy (non-hydrogen) atoms. The van der Waals surface area contributed by atoms with Gasteiger partial charge in [0.2, 0.25) is 0 Å². The van der Waals surface area contributed by atoms with Gasteiger partial charge in [0.1, 0.15) is 5.75 Å². The molecule has 0 fully saturated rings. The molecular weight excluding hydrogens is 304 g/mol. The second kappa shape index (κ2) is 5.61. The van der Waals surface area contributed by atoms with Crippen molar-refractivity contribution in [1.29, 1.82) is 0 Å². The molecule has 2 atom stereocenters. The minimum absolute atomic E-state index is 0.00235. The van der Waals surface area contributed by atoms with Gasteiger partial charge in [0.15, 0.2) is 6.10 Å². The van der Waals surface area contributed by atoms with Crippen molar-refractivity contribution in [2.24, 2.45) is 0 Å². The van der Waals surface area contributed by atoms with Gasteiger partial charge in [-0.25, -0.2) is 13.2 Å². The standard InChI is InChI=1S/C13H15ClO5S/c1-3-8(2)18-13(15)12-7-9-6-10(20(14,16)17)4-5-11(9)19-12/h4-6,8,12H,3,7H2,1-2H3. The zero-order valence-electron chi connectivity index (χ0n) is 11.1. The molecule has 1 aromatic rings. The zero-order chi connectivity index (χ0) is 14.9. The van der Waals surface area contributed by atoms with E-state index in [4.69, 9.17) is 20.2 Å². The fourth-order valence-corrected chi connectivity index (χ4v) is 2.67. The van der Waals surface area contributed by atoms with Gasteiger partial charge in [0.05, 0.1) is 11.0 Å². The van der Waals surface area contributed by atoms with Crippen molar-refractivity contribution in [2.75, 3.05) is 0 Å². The van der Waals surface area contributed by atoms with Gasteiger partial charge in [-0.1, -0.05) is 6.92 Å². The summed E-state index contributed by atoms with van der Waals surface area (Å²) in [5, 5.41) is 0. The smallest absolute Gasteiger partial charge is 0.347 e. The first-order valence-electron chi connectivity index (χ1n) is 6.26. The summed E-state index contributed by atoms with van der Waals surface area (Å²) in [6, 6.07) is 4.28. The van der Waals surface area contributed by atoms with E-state index in [9.17, 15) is 13.2 Å². The Morgan fingerprint density at radius 1 is 1.55 bits per heavy atom. The third-order valence-electron chi connectivity index (χ3n) is 3.14. The number of esters is 1. The number of carbonyl (C=O) groups excluding carboxylic acids is 1. The molecule has 0 amide bonds. The molecule has 2 rings (SSSR count). The van der Waals surface area contributed by atoms with E-state index in [1.807, 2.05) is 6.92 Å². The van der Waals surface area contributed by atoms with Gasteiger partial charge < -0.3 is 9.47 Å². The Labute approximate surface area is 122 Å². The van der Waals surface area contributed by atoms with Crippen molar-refractivity contribution >= 4 is 25.7 Å². The molecule has 2 unspecified atom stereocenters. The van der Waals surface area contributed by atoms with Crippen LogP contribution in [-0.2, 0) is 25.0 Å².